The van der Waals surface area contributed by atoms with Gasteiger partial charge in [-0.2, -0.15) is 0 Å². The molecule has 1 heterocycles. The van der Waals surface area contributed by atoms with Crippen molar-refractivity contribution in [3.05, 3.63) is 29.0 Å². The lowest BCUT2D eigenvalue weighted by Crippen LogP contribution is -2.39. The van der Waals surface area contributed by atoms with E-state index in [1.165, 1.54) is 18.9 Å². The summed E-state index contributed by atoms with van der Waals surface area (Å²) in [5.41, 5.74) is 0.650. The zero-order valence-electron chi connectivity index (χ0n) is 10.3. The molecular formula is C14H18ClFN2. The van der Waals surface area contributed by atoms with Crippen molar-refractivity contribution in [1.82, 2.24) is 5.32 Å². The van der Waals surface area contributed by atoms with Crippen LogP contribution in [0.1, 0.15) is 19.3 Å². The maximum Gasteiger partial charge on any atom is 0.146 e. The molecule has 4 heteroatoms. The third-order valence-electron chi connectivity index (χ3n) is 3.87. The highest BCUT2D eigenvalue weighted by Crippen LogP contribution is 2.34. The van der Waals surface area contributed by atoms with Crippen LogP contribution in [0.3, 0.4) is 0 Å². The van der Waals surface area contributed by atoms with E-state index >= 15 is 0 Å². The summed E-state index contributed by atoms with van der Waals surface area (Å²) in [6, 6.07) is 5.31. The molecule has 2 fully saturated rings. The summed E-state index contributed by atoms with van der Waals surface area (Å²) < 4.78 is 13.9. The van der Waals surface area contributed by atoms with Gasteiger partial charge in [0.2, 0.25) is 0 Å². The number of nitrogens with one attached hydrogen (secondary N) is 1. The maximum absolute atomic E-state index is 13.9. The fourth-order valence-corrected chi connectivity index (χ4v) is 2.88. The first-order chi connectivity index (χ1) is 8.74. The number of benzene rings is 1. The van der Waals surface area contributed by atoms with Gasteiger partial charge in [0.15, 0.2) is 0 Å². The second-order valence-corrected chi connectivity index (χ2v) is 5.73. The van der Waals surface area contributed by atoms with Crippen LogP contribution in [-0.2, 0) is 0 Å². The first-order valence-electron chi connectivity index (χ1n) is 6.67. The van der Waals surface area contributed by atoms with Gasteiger partial charge in [-0.1, -0.05) is 11.6 Å². The Hall–Kier alpha value is -0.800. The summed E-state index contributed by atoms with van der Waals surface area (Å²) in [6.45, 7) is 2.81. The van der Waals surface area contributed by atoms with Crippen molar-refractivity contribution in [2.45, 2.75) is 25.3 Å². The molecule has 0 bridgehead atoms. The molecule has 1 N–H and O–H groups in total. The molecule has 0 amide bonds. The molecule has 2 nitrogen and oxygen atoms in total. The number of hydrogen-bond acceptors (Lipinski definition) is 2. The summed E-state index contributed by atoms with van der Waals surface area (Å²) >= 11 is 5.98. The molecule has 1 aromatic rings. The molecule has 2 aliphatic rings. The Kier molecular flexibility index (Phi) is 3.44. The van der Waals surface area contributed by atoms with Crippen LogP contribution in [0, 0.1) is 11.7 Å². The van der Waals surface area contributed by atoms with Gasteiger partial charge in [0.05, 0.1) is 5.69 Å². The van der Waals surface area contributed by atoms with Crippen LogP contribution < -0.4 is 10.2 Å². The summed E-state index contributed by atoms with van der Waals surface area (Å²) in [7, 11) is 0. The Bertz CT molecular complexity index is 434. The van der Waals surface area contributed by atoms with Gasteiger partial charge < -0.3 is 10.2 Å². The van der Waals surface area contributed by atoms with Gasteiger partial charge in [0.25, 0.3) is 0 Å². The smallest absolute Gasteiger partial charge is 0.146 e. The standard InChI is InChI=1S/C14H18ClFN2/c15-11-4-5-12(16)14(8-11)18-7-1-6-17-13(9-18)10-2-3-10/h4-5,8,10,13,17H,1-3,6-7,9H2. The number of hydrogen-bond donors (Lipinski definition) is 1. The number of rotatable bonds is 2. The second-order valence-electron chi connectivity index (χ2n) is 5.29. The van der Waals surface area contributed by atoms with Crippen molar-refractivity contribution in [3.63, 3.8) is 0 Å². The van der Waals surface area contributed by atoms with E-state index in [-0.39, 0.29) is 5.82 Å². The highest BCUT2D eigenvalue weighted by atomic mass is 35.5. The largest absolute Gasteiger partial charge is 0.368 e. The molecule has 1 unspecified atom stereocenters. The Balaban J connectivity index is 1.82. The normalized spacial score (nSPS) is 25.0. The van der Waals surface area contributed by atoms with Gasteiger partial charge >= 0.3 is 0 Å². The fourth-order valence-electron chi connectivity index (χ4n) is 2.71. The van der Waals surface area contributed by atoms with Crippen molar-refractivity contribution in [3.8, 4) is 0 Å². The topological polar surface area (TPSA) is 15.3 Å². The Morgan fingerprint density at radius 2 is 2.17 bits per heavy atom. The monoisotopic (exact) mass is 268 g/mol. The SMILES string of the molecule is Fc1ccc(Cl)cc1N1CCCNC(C2CC2)C1. The van der Waals surface area contributed by atoms with Gasteiger partial charge in [-0.05, 0) is 49.9 Å². The molecule has 1 aliphatic heterocycles. The van der Waals surface area contributed by atoms with E-state index in [0.29, 0.717) is 16.8 Å². The predicted molar refractivity (Wildman–Crippen MR) is 72.8 cm³/mol. The minimum absolute atomic E-state index is 0.171. The molecule has 3 rings (SSSR count). The molecule has 0 radical (unpaired) electrons. The average molecular weight is 269 g/mol. The van der Waals surface area contributed by atoms with E-state index in [1.807, 2.05) is 0 Å². The van der Waals surface area contributed by atoms with Crippen LogP contribution in [0.15, 0.2) is 18.2 Å². The van der Waals surface area contributed by atoms with E-state index < -0.39 is 0 Å². The van der Waals surface area contributed by atoms with Gasteiger partial charge in [0, 0.05) is 24.2 Å². The lowest BCUT2D eigenvalue weighted by molar-refractivity contribution is 0.488. The van der Waals surface area contributed by atoms with Crippen molar-refractivity contribution in [2.24, 2.45) is 5.92 Å². The van der Waals surface area contributed by atoms with Crippen LogP contribution >= 0.6 is 11.6 Å². The molecule has 1 aliphatic carbocycles. The first kappa shape index (κ1) is 12.2. The summed E-state index contributed by atoms with van der Waals surface area (Å²) in [4.78, 5) is 2.14. The van der Waals surface area contributed by atoms with Gasteiger partial charge in [-0.3, -0.25) is 0 Å². The summed E-state index contributed by atoms with van der Waals surface area (Å²) in [6.07, 6.45) is 3.67. The molecule has 18 heavy (non-hydrogen) atoms. The van der Waals surface area contributed by atoms with Crippen LogP contribution in [-0.4, -0.2) is 25.7 Å². The fraction of sp³-hybridized carbons (Fsp3) is 0.571. The minimum atomic E-state index is -0.171. The van der Waals surface area contributed by atoms with Crippen molar-refractivity contribution < 1.29 is 4.39 Å². The summed E-state index contributed by atoms with van der Waals surface area (Å²) in [5, 5.41) is 4.18. The predicted octanol–water partition coefficient (Wildman–Crippen LogP) is 3.06. The lowest BCUT2D eigenvalue weighted by atomic mass is 10.1. The quantitative estimate of drug-likeness (QED) is 0.887. The zero-order chi connectivity index (χ0) is 12.5. The van der Waals surface area contributed by atoms with Crippen molar-refractivity contribution in [1.29, 1.82) is 0 Å². The number of nitrogens with zero attached hydrogens (tertiary/aromatic N) is 1. The van der Waals surface area contributed by atoms with Crippen LogP contribution in [0.2, 0.25) is 5.02 Å². The zero-order valence-corrected chi connectivity index (χ0v) is 11.1. The maximum atomic E-state index is 13.9. The number of anilines is 1. The lowest BCUT2D eigenvalue weighted by Gasteiger charge is -2.27. The van der Waals surface area contributed by atoms with E-state index in [1.54, 1.807) is 12.1 Å². The third-order valence-corrected chi connectivity index (χ3v) is 4.10. The van der Waals surface area contributed by atoms with Gasteiger partial charge in [0.1, 0.15) is 5.82 Å². The third kappa shape index (κ3) is 2.62. The van der Waals surface area contributed by atoms with Gasteiger partial charge in [-0.15, -0.1) is 0 Å². The van der Waals surface area contributed by atoms with E-state index in [2.05, 4.69) is 10.2 Å². The molecule has 1 saturated heterocycles. The van der Waals surface area contributed by atoms with Crippen LogP contribution in [0.4, 0.5) is 10.1 Å². The highest BCUT2D eigenvalue weighted by Gasteiger charge is 2.33. The van der Waals surface area contributed by atoms with E-state index in [9.17, 15) is 4.39 Å². The van der Waals surface area contributed by atoms with Crippen molar-refractivity contribution in [2.75, 3.05) is 24.5 Å². The Morgan fingerprint density at radius 1 is 1.33 bits per heavy atom. The molecule has 0 spiro atoms. The van der Waals surface area contributed by atoms with Gasteiger partial charge in [-0.25, -0.2) is 4.39 Å². The molecule has 1 saturated carbocycles. The highest BCUT2D eigenvalue weighted by molar-refractivity contribution is 6.30. The molecule has 0 aromatic heterocycles. The number of halogens is 2. The van der Waals surface area contributed by atoms with Crippen LogP contribution in [0.5, 0.6) is 0 Å². The Morgan fingerprint density at radius 3 is 2.94 bits per heavy atom. The summed E-state index contributed by atoms with van der Waals surface area (Å²) in [5.74, 6) is 0.615. The van der Waals surface area contributed by atoms with Crippen LogP contribution in [0.25, 0.3) is 0 Å². The minimum Gasteiger partial charge on any atom is -0.368 e. The van der Waals surface area contributed by atoms with E-state index in [0.717, 1.165) is 32.0 Å². The Labute approximate surface area is 112 Å². The second kappa shape index (κ2) is 5.06. The molecule has 1 aromatic carbocycles. The van der Waals surface area contributed by atoms with E-state index in [4.69, 9.17) is 11.6 Å². The molecule has 98 valence electrons. The molecular weight excluding hydrogens is 251 g/mol. The molecule has 1 atom stereocenters. The average Bonchev–Trinajstić information content (AvgIpc) is 3.16. The van der Waals surface area contributed by atoms with Crippen molar-refractivity contribution >= 4 is 17.3 Å². The first-order valence-corrected chi connectivity index (χ1v) is 7.05.